The Hall–Kier alpha value is -0.200. The van der Waals surface area contributed by atoms with Crippen molar-refractivity contribution in [3.63, 3.8) is 0 Å². The third-order valence-electron chi connectivity index (χ3n) is 7.96. The first-order valence-corrected chi connectivity index (χ1v) is 16.3. The summed E-state index contributed by atoms with van der Waals surface area (Å²) in [6.45, 7) is 6.74. The first-order valence-electron chi connectivity index (χ1n) is 16.3. The number of aliphatic hydroxyl groups is 4. The van der Waals surface area contributed by atoms with Gasteiger partial charge in [0.2, 0.25) is 0 Å². The lowest BCUT2D eigenvalue weighted by molar-refractivity contribution is -0.198. The van der Waals surface area contributed by atoms with Crippen molar-refractivity contribution in [3.8, 4) is 0 Å². The molecule has 224 valence electrons. The predicted octanol–water partition coefficient (Wildman–Crippen LogP) is 7.85. The Bertz CT molecular complexity index is 460. The van der Waals surface area contributed by atoms with Gasteiger partial charge in [0.1, 0.15) is 17.8 Å². The van der Waals surface area contributed by atoms with E-state index in [1.807, 2.05) is 0 Å². The van der Waals surface area contributed by atoms with Gasteiger partial charge in [-0.3, -0.25) is 0 Å². The predicted molar refractivity (Wildman–Crippen MR) is 157 cm³/mol. The van der Waals surface area contributed by atoms with Crippen LogP contribution in [0.15, 0.2) is 0 Å². The summed E-state index contributed by atoms with van der Waals surface area (Å²) in [7, 11) is 0. The van der Waals surface area contributed by atoms with E-state index in [4.69, 9.17) is 4.74 Å². The maximum atomic E-state index is 11.6. The molecule has 1 unspecified atom stereocenters. The zero-order chi connectivity index (χ0) is 27.6. The summed E-state index contributed by atoms with van der Waals surface area (Å²) in [5, 5.41) is 43.8. The largest absolute Gasteiger partial charge is 0.394 e. The zero-order valence-corrected chi connectivity index (χ0v) is 25.1. The van der Waals surface area contributed by atoms with Crippen LogP contribution in [0.2, 0.25) is 0 Å². The molecule has 0 radical (unpaired) electrons. The van der Waals surface area contributed by atoms with Crippen LogP contribution in [0.4, 0.5) is 0 Å². The molecule has 5 heteroatoms. The number of aliphatic hydroxyl groups excluding tert-OH is 3. The zero-order valence-electron chi connectivity index (χ0n) is 25.1. The minimum absolute atomic E-state index is 0.330. The Morgan fingerprint density at radius 2 is 0.973 bits per heavy atom. The van der Waals surface area contributed by atoms with Gasteiger partial charge >= 0.3 is 0 Å². The first kappa shape index (κ1) is 36.8. The highest BCUT2D eigenvalue weighted by Gasteiger charge is 2.45. The number of ether oxygens (including phenoxy) is 1. The van der Waals surface area contributed by atoms with Crippen molar-refractivity contribution in [1.82, 2.24) is 0 Å². The van der Waals surface area contributed by atoms with E-state index in [1.54, 1.807) is 0 Å². The van der Waals surface area contributed by atoms with Gasteiger partial charge in [-0.15, -0.1) is 0 Å². The Kier molecular flexibility index (Phi) is 25.9. The van der Waals surface area contributed by atoms with Gasteiger partial charge in [-0.25, -0.2) is 0 Å². The second kappa shape index (κ2) is 26.0. The van der Waals surface area contributed by atoms with Crippen LogP contribution in [0.3, 0.4) is 0 Å². The minimum atomic E-state index is -1.65. The topological polar surface area (TPSA) is 90.2 Å². The fourth-order valence-electron chi connectivity index (χ4n) is 5.28. The molecule has 0 aromatic carbocycles. The highest BCUT2D eigenvalue weighted by atomic mass is 16.5. The van der Waals surface area contributed by atoms with Crippen molar-refractivity contribution < 1.29 is 25.2 Å². The molecule has 0 saturated heterocycles. The van der Waals surface area contributed by atoms with Crippen LogP contribution in [-0.4, -0.2) is 57.6 Å². The third-order valence-corrected chi connectivity index (χ3v) is 7.96. The molecular weight excluding hydrogens is 464 g/mol. The fourth-order valence-corrected chi connectivity index (χ4v) is 5.28. The molecule has 0 aliphatic carbocycles. The molecule has 4 N–H and O–H groups in total. The molecule has 0 rings (SSSR count). The van der Waals surface area contributed by atoms with Gasteiger partial charge in [0.15, 0.2) is 0 Å². The molecule has 0 spiro atoms. The SMILES string of the molecule is CCCCCCCCCO[C@H](CO)[C@H](O)[C@](O)(CCCCCCCCC)C(O)CCCCCCCCC. The number of rotatable bonds is 29. The molecule has 5 nitrogen and oxygen atoms in total. The summed E-state index contributed by atoms with van der Waals surface area (Å²) >= 11 is 0. The molecule has 37 heavy (non-hydrogen) atoms. The van der Waals surface area contributed by atoms with E-state index >= 15 is 0 Å². The van der Waals surface area contributed by atoms with Crippen molar-refractivity contribution in [2.45, 2.75) is 192 Å². The van der Waals surface area contributed by atoms with Gasteiger partial charge in [-0.2, -0.15) is 0 Å². The molecule has 0 aromatic rings. The van der Waals surface area contributed by atoms with Crippen LogP contribution in [0, 0.1) is 0 Å². The average Bonchev–Trinajstić information content (AvgIpc) is 2.90. The molecule has 4 atom stereocenters. The summed E-state index contributed by atoms with van der Waals surface area (Å²) in [4.78, 5) is 0. The van der Waals surface area contributed by atoms with Crippen LogP contribution >= 0.6 is 0 Å². The molecule has 0 saturated carbocycles. The van der Waals surface area contributed by atoms with Gasteiger partial charge in [0.25, 0.3) is 0 Å². The van der Waals surface area contributed by atoms with E-state index < -0.39 is 23.9 Å². The van der Waals surface area contributed by atoms with Crippen LogP contribution in [0.1, 0.15) is 168 Å². The van der Waals surface area contributed by atoms with Crippen molar-refractivity contribution in [1.29, 1.82) is 0 Å². The summed E-state index contributed by atoms with van der Waals surface area (Å²) in [6, 6.07) is 0. The van der Waals surface area contributed by atoms with E-state index in [2.05, 4.69) is 20.8 Å². The van der Waals surface area contributed by atoms with E-state index in [9.17, 15) is 20.4 Å². The van der Waals surface area contributed by atoms with Gasteiger partial charge in [-0.05, 0) is 19.3 Å². The van der Waals surface area contributed by atoms with E-state index in [1.165, 1.54) is 83.5 Å². The molecule has 0 fully saturated rings. The molecule has 0 aliphatic heterocycles. The lowest BCUT2D eigenvalue weighted by Gasteiger charge is -2.40. The maximum absolute atomic E-state index is 11.6. The summed E-state index contributed by atoms with van der Waals surface area (Å²) < 4.78 is 5.86. The Morgan fingerprint density at radius 3 is 1.43 bits per heavy atom. The fraction of sp³-hybridized carbons (Fsp3) is 1.00. The van der Waals surface area contributed by atoms with Gasteiger partial charge in [0, 0.05) is 6.61 Å². The number of hydrogen-bond donors (Lipinski definition) is 4. The highest BCUT2D eigenvalue weighted by molar-refractivity contribution is 4.97. The standard InChI is InChI=1S/C32H66O5/c1-4-7-10-13-16-19-22-25-30(34)32(36,26-23-20-17-14-11-8-5-2)31(35)29(28-33)37-27-24-21-18-15-12-9-6-3/h29-31,33-36H,4-28H2,1-3H3/t29-,30?,31+,32+/m1/s1. The average molecular weight is 531 g/mol. The summed E-state index contributed by atoms with van der Waals surface area (Å²) in [6.07, 6.45) is 21.5. The van der Waals surface area contributed by atoms with Crippen molar-refractivity contribution in [2.24, 2.45) is 0 Å². The first-order chi connectivity index (χ1) is 18.0. The smallest absolute Gasteiger partial charge is 0.119 e. The second-order valence-electron chi connectivity index (χ2n) is 11.4. The minimum Gasteiger partial charge on any atom is -0.394 e. The van der Waals surface area contributed by atoms with Gasteiger partial charge in [-0.1, -0.05) is 149 Å². The molecule has 0 aromatic heterocycles. The second-order valence-corrected chi connectivity index (χ2v) is 11.4. The van der Waals surface area contributed by atoms with Crippen molar-refractivity contribution in [2.75, 3.05) is 13.2 Å². The van der Waals surface area contributed by atoms with E-state index in [0.717, 1.165) is 51.4 Å². The van der Waals surface area contributed by atoms with Crippen molar-refractivity contribution >= 4 is 0 Å². The van der Waals surface area contributed by atoms with Crippen LogP contribution in [0.25, 0.3) is 0 Å². The third kappa shape index (κ3) is 18.7. The number of hydrogen-bond acceptors (Lipinski definition) is 5. The highest BCUT2D eigenvalue weighted by Crippen LogP contribution is 2.30. The molecule has 0 bridgehead atoms. The number of unbranched alkanes of at least 4 members (excludes halogenated alkanes) is 18. The molecular formula is C32H66O5. The Morgan fingerprint density at radius 1 is 0.568 bits per heavy atom. The van der Waals surface area contributed by atoms with Crippen LogP contribution in [-0.2, 0) is 4.74 Å². The van der Waals surface area contributed by atoms with Crippen LogP contribution in [0.5, 0.6) is 0 Å². The van der Waals surface area contributed by atoms with Gasteiger partial charge < -0.3 is 25.2 Å². The van der Waals surface area contributed by atoms with Gasteiger partial charge in [0.05, 0.1) is 12.7 Å². The normalized spacial score (nSPS) is 16.0. The lowest BCUT2D eigenvalue weighted by atomic mass is 9.80. The molecule has 0 heterocycles. The quantitative estimate of drug-likeness (QED) is 0.0739. The Labute approximate surface area is 230 Å². The lowest BCUT2D eigenvalue weighted by Crippen LogP contribution is -2.58. The maximum Gasteiger partial charge on any atom is 0.119 e. The Balaban J connectivity index is 4.78. The van der Waals surface area contributed by atoms with E-state index in [-0.39, 0.29) is 6.61 Å². The van der Waals surface area contributed by atoms with E-state index in [0.29, 0.717) is 19.4 Å². The monoisotopic (exact) mass is 530 g/mol. The van der Waals surface area contributed by atoms with Crippen molar-refractivity contribution in [3.05, 3.63) is 0 Å². The summed E-state index contributed by atoms with van der Waals surface area (Å²) in [5.74, 6) is 0. The molecule has 0 aliphatic rings. The van der Waals surface area contributed by atoms with Crippen LogP contribution < -0.4 is 0 Å². The summed E-state index contributed by atoms with van der Waals surface area (Å²) in [5.41, 5.74) is -1.65. The molecule has 0 amide bonds.